The van der Waals surface area contributed by atoms with Crippen molar-refractivity contribution < 1.29 is 13.4 Å². The van der Waals surface area contributed by atoms with Crippen LogP contribution < -0.4 is 13.4 Å². The number of para-hydroxylation sites is 2. The van der Waals surface area contributed by atoms with Gasteiger partial charge in [-0.1, -0.05) is 0 Å². The molecule has 3 rings (SSSR count). The number of aromatic nitrogens is 1. The van der Waals surface area contributed by atoms with Crippen LogP contribution in [0.15, 0.2) is 54.9 Å². The average Bonchev–Trinajstić information content (AvgIpc) is 2.58. The summed E-state index contributed by atoms with van der Waals surface area (Å²) in [6.07, 6.45) is 3.21. The van der Waals surface area contributed by atoms with E-state index in [-0.39, 0.29) is 0 Å². The van der Waals surface area contributed by atoms with E-state index in [0.29, 0.717) is 11.5 Å². The van der Waals surface area contributed by atoms with Gasteiger partial charge in [0.05, 0.1) is 0 Å². The van der Waals surface area contributed by atoms with Gasteiger partial charge in [0.25, 0.3) is 0 Å². The molecule has 2 aromatic rings. The molecule has 0 atom stereocenters. The average molecular weight is 325 g/mol. The van der Waals surface area contributed by atoms with Gasteiger partial charge < -0.3 is 0 Å². The Labute approximate surface area is 118 Å². The first-order chi connectivity index (χ1) is 8.32. The van der Waals surface area contributed by atoms with Gasteiger partial charge in [-0.15, -0.1) is 0 Å². The predicted molar refractivity (Wildman–Crippen MR) is 74.2 cm³/mol. The van der Waals surface area contributed by atoms with Crippen molar-refractivity contribution in [1.82, 2.24) is 0 Å². The second-order valence-corrected chi connectivity index (χ2v) is 15.4. The molecule has 3 nitrogen and oxygen atoms in total. The third-order valence-electron chi connectivity index (χ3n) is 2.56. The third-order valence-corrected chi connectivity index (χ3v) is 7.66. The minimum absolute atomic E-state index is 0.421. The first-order valence-corrected chi connectivity index (χ1v) is 10.3. The van der Waals surface area contributed by atoms with Crippen LogP contribution in [-0.4, -0.2) is 0 Å². The van der Waals surface area contributed by atoms with Crippen LogP contribution in [0, 0.1) is 0 Å². The van der Waals surface area contributed by atoms with Crippen LogP contribution in [-0.2, 0) is 0 Å². The second-order valence-electron chi connectivity index (χ2n) is 3.96. The van der Waals surface area contributed by atoms with Crippen molar-refractivity contribution in [2.24, 2.45) is 0 Å². The van der Waals surface area contributed by atoms with E-state index in [0.717, 1.165) is 0 Å². The van der Waals surface area contributed by atoms with Crippen LogP contribution in [0.5, 0.6) is 11.5 Å². The van der Waals surface area contributed by atoms with Crippen LogP contribution in [0.25, 0.3) is 0 Å². The topological polar surface area (TPSA) is 22.3 Å². The van der Waals surface area contributed by atoms with Gasteiger partial charge in [-0.05, 0) is 0 Å². The Morgan fingerprint density at radius 3 is 1.78 bits per heavy atom. The van der Waals surface area contributed by atoms with Crippen LogP contribution in [0.3, 0.4) is 0 Å². The van der Waals surface area contributed by atoms with E-state index >= 15 is 0 Å². The summed E-state index contributed by atoms with van der Waals surface area (Å²) in [7, 11) is 0. The predicted octanol–water partition coefficient (Wildman–Crippen LogP) is 4.59. The molecular formula is C11H9Cl3NO2P. The van der Waals surface area contributed by atoms with Crippen LogP contribution >= 0.6 is 38.3 Å². The number of nitrogens with zero attached hydrogens (tertiary/aromatic N) is 1. The standard InChI is InChI=1S/C11H9Cl3NO2P/c12-18(13,14,15-8-4-1-5-9-15)16-10-6-2-3-7-11(10)17-18/h1-9H. The molecule has 2 heterocycles. The van der Waals surface area contributed by atoms with Crippen molar-refractivity contribution in [3.05, 3.63) is 54.9 Å². The van der Waals surface area contributed by atoms with Crippen molar-refractivity contribution in [3.63, 3.8) is 0 Å². The van der Waals surface area contributed by atoms with E-state index in [1.54, 1.807) is 48.8 Å². The summed E-state index contributed by atoms with van der Waals surface area (Å²) in [5.41, 5.74) is 0. The Balaban J connectivity index is 2.22. The van der Waals surface area contributed by atoms with E-state index in [9.17, 15) is 0 Å². The summed E-state index contributed by atoms with van der Waals surface area (Å²) >= 11 is 19.4. The van der Waals surface area contributed by atoms with Crippen molar-refractivity contribution in [2.75, 3.05) is 0 Å². The van der Waals surface area contributed by atoms with Gasteiger partial charge in [-0.2, -0.15) is 0 Å². The molecule has 1 aliphatic rings. The zero-order valence-corrected chi connectivity index (χ0v) is 12.2. The summed E-state index contributed by atoms with van der Waals surface area (Å²) < 4.78 is 7.52. The second kappa shape index (κ2) is 3.23. The van der Waals surface area contributed by atoms with Gasteiger partial charge in [0.2, 0.25) is 0 Å². The van der Waals surface area contributed by atoms with Gasteiger partial charge >= 0.3 is 118 Å². The molecule has 0 aliphatic carbocycles. The first-order valence-electron chi connectivity index (χ1n) is 5.16. The maximum atomic E-state index is 6.46. The Hall–Kier alpha value is -0.730. The molecule has 18 heavy (non-hydrogen) atoms. The van der Waals surface area contributed by atoms with E-state index in [2.05, 4.69) is 0 Å². The summed E-state index contributed by atoms with van der Waals surface area (Å²) in [5, 5.41) is 0. The number of fused-ring (bicyclic) bond motifs is 1. The minimum atomic E-state index is -5.11. The van der Waals surface area contributed by atoms with Crippen molar-refractivity contribution in [2.45, 2.75) is 0 Å². The molecule has 0 fully saturated rings. The summed E-state index contributed by atoms with van der Waals surface area (Å²) in [5.74, 6) is 0.841. The van der Waals surface area contributed by atoms with Crippen LogP contribution in [0.2, 0.25) is 0 Å². The van der Waals surface area contributed by atoms with E-state index in [1.807, 2.05) is 6.07 Å². The van der Waals surface area contributed by atoms with Gasteiger partial charge in [-0.25, -0.2) is 0 Å². The van der Waals surface area contributed by atoms with E-state index in [1.165, 1.54) is 4.34 Å². The van der Waals surface area contributed by atoms with Gasteiger partial charge in [0, 0.05) is 0 Å². The molecule has 96 valence electrons. The Morgan fingerprint density at radius 2 is 1.28 bits per heavy atom. The zero-order valence-electron chi connectivity index (χ0n) is 9.04. The number of benzene rings is 1. The Bertz CT molecular complexity index is 608. The normalized spacial score (nSPS) is 25.3. The fourth-order valence-corrected chi connectivity index (χ4v) is 5.98. The van der Waals surface area contributed by atoms with Gasteiger partial charge in [-0.3, -0.25) is 0 Å². The summed E-state index contributed by atoms with van der Waals surface area (Å²) in [6.45, 7) is 0. The Kier molecular flexibility index (Phi) is 2.21. The van der Waals surface area contributed by atoms with Crippen molar-refractivity contribution in [1.29, 1.82) is 0 Å². The molecule has 0 spiro atoms. The molecule has 0 N–H and O–H groups in total. The van der Waals surface area contributed by atoms with E-state index in [4.69, 9.17) is 42.8 Å². The maximum absolute atomic E-state index is 6.46. The number of pyridine rings is 1. The van der Waals surface area contributed by atoms with Crippen molar-refractivity contribution in [3.8, 4) is 11.5 Å². The summed E-state index contributed by atoms with van der Waals surface area (Å²) in [6, 6.07) is 12.3. The summed E-state index contributed by atoms with van der Waals surface area (Å²) in [4.78, 5) is 0. The molecule has 0 saturated heterocycles. The van der Waals surface area contributed by atoms with E-state index < -0.39 is 4.61 Å². The molecule has 1 aromatic heterocycles. The van der Waals surface area contributed by atoms with Crippen molar-refractivity contribution >= 4 is 38.3 Å². The SMILES string of the molecule is Cl[P-]1(Cl)(Cl)([n+]2ccccc2)Oc2ccccc2O1. The molecular weight excluding hydrogens is 315 g/mol. The molecule has 1 aromatic carbocycles. The molecule has 7 heteroatoms. The molecule has 0 radical (unpaired) electrons. The van der Waals surface area contributed by atoms with Crippen LogP contribution in [0.4, 0.5) is 0 Å². The fraction of sp³-hybridized carbons (Fsp3) is 0. The number of hydrogen-bond acceptors (Lipinski definition) is 2. The monoisotopic (exact) mass is 323 g/mol. The zero-order chi connectivity index (χ0) is 12.9. The number of halogens is 3. The first kappa shape index (κ1) is 12.3. The van der Waals surface area contributed by atoms with Crippen LogP contribution in [0.1, 0.15) is 0 Å². The molecule has 0 amide bonds. The number of hydrogen-bond donors (Lipinski definition) is 0. The fourth-order valence-electron chi connectivity index (χ4n) is 1.75. The van der Waals surface area contributed by atoms with Gasteiger partial charge in [0.1, 0.15) is 0 Å². The quantitative estimate of drug-likeness (QED) is 0.716. The third kappa shape index (κ3) is 1.74. The molecule has 0 unspecified atom stereocenters. The molecule has 0 bridgehead atoms. The molecule has 1 aliphatic heterocycles. The van der Waals surface area contributed by atoms with Gasteiger partial charge in [0.15, 0.2) is 0 Å². The Morgan fingerprint density at radius 1 is 0.778 bits per heavy atom. The number of rotatable bonds is 1. The molecule has 0 saturated carbocycles.